The molecule has 1 aliphatic carbocycles. The number of ether oxygens (including phenoxy) is 1. The average Bonchev–Trinajstić information content (AvgIpc) is 3.54. The molecule has 0 spiro atoms. The average molecular weight is 504 g/mol. The van der Waals surface area contributed by atoms with Crippen molar-refractivity contribution in [1.29, 1.82) is 0 Å². The van der Waals surface area contributed by atoms with Crippen LogP contribution in [0.15, 0.2) is 34.6 Å². The molecule has 1 saturated carbocycles. The lowest BCUT2D eigenvalue weighted by Gasteiger charge is -2.37. The maximum atomic E-state index is 12.4. The fraction of sp³-hybridized carbons (Fsp3) is 0.478. The van der Waals surface area contributed by atoms with Crippen LogP contribution in [0, 0.1) is 5.41 Å². The number of thiophene rings is 1. The molecule has 11 heteroatoms. The Balaban J connectivity index is 1.27. The number of amides is 1. The van der Waals surface area contributed by atoms with Gasteiger partial charge in [-0.1, -0.05) is 12.1 Å². The molecular weight excluding hydrogens is 474 g/mol. The van der Waals surface area contributed by atoms with Crippen molar-refractivity contribution in [2.45, 2.75) is 19.3 Å². The summed E-state index contributed by atoms with van der Waals surface area (Å²) in [7, 11) is -1.84. The number of fused-ring (bicyclic) bond motifs is 2. The number of sulfonamides is 1. The number of para-hydroxylation sites is 2. The van der Waals surface area contributed by atoms with Gasteiger partial charge in [-0.2, -0.15) is 0 Å². The molecule has 34 heavy (non-hydrogen) atoms. The lowest BCUT2D eigenvalue weighted by molar-refractivity contribution is -0.124. The van der Waals surface area contributed by atoms with Crippen LogP contribution in [0.3, 0.4) is 0 Å². The number of hydrogen-bond donors (Lipinski definition) is 2. The Morgan fingerprint density at radius 2 is 1.97 bits per heavy atom. The van der Waals surface area contributed by atoms with Gasteiger partial charge in [0.2, 0.25) is 15.9 Å². The van der Waals surface area contributed by atoms with Crippen LogP contribution >= 0.6 is 11.3 Å². The van der Waals surface area contributed by atoms with Crippen LogP contribution in [0.2, 0.25) is 0 Å². The summed E-state index contributed by atoms with van der Waals surface area (Å²) in [4.78, 5) is 22.1. The molecule has 1 aromatic carbocycles. The lowest BCUT2D eigenvalue weighted by atomic mass is 10.0. The molecule has 2 N–H and O–H groups in total. The highest BCUT2D eigenvalue weighted by molar-refractivity contribution is 7.89. The van der Waals surface area contributed by atoms with Crippen LogP contribution in [0.25, 0.3) is 0 Å². The number of benzene rings is 1. The van der Waals surface area contributed by atoms with E-state index in [4.69, 9.17) is 9.73 Å². The maximum absolute atomic E-state index is 12.4. The van der Waals surface area contributed by atoms with Crippen molar-refractivity contribution in [2.24, 2.45) is 10.4 Å². The molecule has 182 valence electrons. The van der Waals surface area contributed by atoms with E-state index in [0.29, 0.717) is 6.42 Å². The molecule has 2 aliphatic heterocycles. The lowest BCUT2D eigenvalue weighted by Crippen LogP contribution is -2.49. The third-order valence-corrected chi connectivity index (χ3v) is 8.20. The fourth-order valence-corrected chi connectivity index (χ4v) is 6.04. The van der Waals surface area contributed by atoms with E-state index in [-0.39, 0.29) is 5.91 Å². The van der Waals surface area contributed by atoms with E-state index in [1.54, 1.807) is 18.4 Å². The molecule has 2 aromatic rings. The second-order valence-electron chi connectivity index (χ2n) is 9.15. The van der Waals surface area contributed by atoms with E-state index in [1.165, 1.54) is 0 Å². The zero-order valence-electron chi connectivity index (χ0n) is 19.3. The van der Waals surface area contributed by atoms with Gasteiger partial charge in [-0.05, 0) is 37.9 Å². The molecule has 3 aliphatic rings. The zero-order chi connectivity index (χ0) is 23.9. The van der Waals surface area contributed by atoms with E-state index >= 15 is 0 Å². The monoisotopic (exact) mass is 503 g/mol. The highest BCUT2D eigenvalue weighted by Crippen LogP contribution is 2.49. The predicted octanol–water partition coefficient (Wildman–Crippen LogP) is 2.76. The van der Waals surface area contributed by atoms with Gasteiger partial charge in [-0.3, -0.25) is 14.4 Å². The smallest absolute Gasteiger partial charge is 0.239 e. The molecule has 0 unspecified atom stereocenters. The first kappa shape index (κ1) is 23.1. The summed E-state index contributed by atoms with van der Waals surface area (Å²) in [6.45, 7) is 4.08. The Labute approximate surface area is 203 Å². The third-order valence-electron chi connectivity index (χ3n) is 6.77. The SMILES string of the molecule is COc1csc2c1C(N1CCN(CCC3(C(=O)NS(C)(=O)=O)CC3)CC1)=Nc1ccccc1N2. The van der Waals surface area contributed by atoms with Gasteiger partial charge < -0.3 is 15.0 Å². The van der Waals surface area contributed by atoms with E-state index in [9.17, 15) is 13.2 Å². The topological polar surface area (TPSA) is 103 Å². The summed E-state index contributed by atoms with van der Waals surface area (Å²) in [5.74, 6) is 1.37. The maximum Gasteiger partial charge on any atom is 0.239 e. The molecule has 2 fully saturated rings. The number of aliphatic imine (C=N–C) groups is 1. The van der Waals surface area contributed by atoms with Crippen LogP contribution < -0.4 is 14.8 Å². The second kappa shape index (κ2) is 8.86. The summed E-state index contributed by atoms with van der Waals surface area (Å²) in [5.41, 5.74) is 2.34. The van der Waals surface area contributed by atoms with Crippen LogP contribution in [0.1, 0.15) is 24.8 Å². The molecule has 3 heterocycles. The molecule has 0 bridgehead atoms. The summed E-state index contributed by atoms with van der Waals surface area (Å²) in [6.07, 6.45) is 3.20. The van der Waals surface area contributed by atoms with Crippen LogP contribution in [0.4, 0.5) is 16.4 Å². The third kappa shape index (κ3) is 4.64. The normalized spacial score (nSPS) is 19.2. The quantitative estimate of drug-likeness (QED) is 0.625. The predicted molar refractivity (Wildman–Crippen MR) is 134 cm³/mol. The number of carbonyl (C=O) groups excluding carboxylic acids is 1. The molecule has 5 rings (SSSR count). The van der Waals surface area contributed by atoms with Gasteiger partial charge in [0.1, 0.15) is 16.6 Å². The Morgan fingerprint density at radius 3 is 2.65 bits per heavy atom. The van der Waals surface area contributed by atoms with Crippen LogP contribution in [-0.2, 0) is 14.8 Å². The van der Waals surface area contributed by atoms with Gasteiger partial charge in [0, 0.05) is 31.6 Å². The van der Waals surface area contributed by atoms with Gasteiger partial charge in [-0.25, -0.2) is 13.4 Å². The minimum Gasteiger partial charge on any atom is -0.495 e. The summed E-state index contributed by atoms with van der Waals surface area (Å²) >= 11 is 1.61. The molecule has 1 amide bonds. The van der Waals surface area contributed by atoms with Crippen molar-refractivity contribution in [1.82, 2.24) is 14.5 Å². The number of nitrogens with zero attached hydrogens (tertiary/aromatic N) is 3. The fourth-order valence-electron chi connectivity index (χ4n) is 4.57. The number of nitrogens with one attached hydrogen (secondary N) is 2. The van der Waals surface area contributed by atoms with Crippen molar-refractivity contribution in [3.8, 4) is 5.75 Å². The van der Waals surface area contributed by atoms with Gasteiger partial charge >= 0.3 is 0 Å². The summed E-state index contributed by atoms with van der Waals surface area (Å²) in [6, 6.07) is 8.03. The first-order valence-electron chi connectivity index (χ1n) is 11.4. The number of rotatable bonds is 6. The standard InChI is InChI=1S/C23H29N5O4S2/c1-32-18-15-33-21-19(18)20(24-16-5-3-4-6-17(16)25-21)28-13-11-27(12-14-28)10-9-23(7-8-23)22(29)26-34(2,30)31/h3-6,15,25H,7-14H2,1-2H3,(H,26,29). The van der Waals surface area contributed by atoms with Crippen molar-refractivity contribution >= 4 is 49.5 Å². The van der Waals surface area contributed by atoms with Gasteiger partial charge in [-0.15, -0.1) is 11.3 Å². The minimum atomic E-state index is -3.53. The van der Waals surface area contributed by atoms with E-state index in [1.807, 2.05) is 29.6 Å². The Morgan fingerprint density at radius 1 is 1.24 bits per heavy atom. The Kier molecular flexibility index (Phi) is 6.03. The number of methoxy groups -OCH3 is 1. The van der Waals surface area contributed by atoms with Gasteiger partial charge in [0.15, 0.2) is 0 Å². The van der Waals surface area contributed by atoms with Crippen molar-refractivity contribution in [3.63, 3.8) is 0 Å². The van der Waals surface area contributed by atoms with Crippen LogP contribution in [-0.4, -0.2) is 76.0 Å². The summed E-state index contributed by atoms with van der Waals surface area (Å²) < 4.78 is 30.7. The number of carbonyl (C=O) groups is 1. The van der Waals surface area contributed by atoms with Crippen molar-refractivity contribution < 1.29 is 17.9 Å². The highest BCUT2D eigenvalue weighted by atomic mass is 32.2. The van der Waals surface area contributed by atoms with Gasteiger partial charge in [0.05, 0.1) is 35.7 Å². The molecule has 9 nitrogen and oxygen atoms in total. The molecule has 0 radical (unpaired) electrons. The molecule has 0 atom stereocenters. The Bertz CT molecular complexity index is 1230. The molecular formula is C23H29N5O4S2. The first-order valence-corrected chi connectivity index (χ1v) is 14.2. The minimum absolute atomic E-state index is 0.357. The number of piperazine rings is 1. The van der Waals surface area contributed by atoms with Gasteiger partial charge in [0.25, 0.3) is 0 Å². The van der Waals surface area contributed by atoms with Crippen molar-refractivity contribution in [3.05, 3.63) is 35.2 Å². The van der Waals surface area contributed by atoms with E-state index in [2.05, 4.69) is 19.8 Å². The number of amidine groups is 1. The second-order valence-corrected chi connectivity index (χ2v) is 11.8. The summed E-state index contributed by atoms with van der Waals surface area (Å²) in [5, 5.41) is 6.54. The number of anilines is 2. The highest BCUT2D eigenvalue weighted by Gasteiger charge is 2.50. The molecule has 1 saturated heterocycles. The Hall–Kier alpha value is -2.63. The first-order chi connectivity index (χ1) is 16.3. The molecule has 1 aromatic heterocycles. The zero-order valence-corrected chi connectivity index (χ0v) is 21.0. The van der Waals surface area contributed by atoms with Crippen LogP contribution in [0.5, 0.6) is 5.75 Å². The van der Waals surface area contributed by atoms with E-state index in [0.717, 1.165) is 85.3 Å². The number of hydrogen-bond acceptors (Lipinski definition) is 9. The largest absolute Gasteiger partial charge is 0.495 e. The van der Waals surface area contributed by atoms with Crippen molar-refractivity contribution in [2.75, 3.05) is 51.4 Å². The van der Waals surface area contributed by atoms with E-state index < -0.39 is 15.4 Å².